The Balaban J connectivity index is 0. The van der Waals surface area contributed by atoms with Crippen molar-refractivity contribution < 1.29 is 0 Å². The zero-order valence-electron chi connectivity index (χ0n) is 4.12. The molecule has 0 atom stereocenters. The van der Waals surface area contributed by atoms with Crippen LogP contribution in [-0.4, -0.2) is 26.1 Å². The van der Waals surface area contributed by atoms with Gasteiger partial charge in [-0.15, -0.1) is 0 Å². The van der Waals surface area contributed by atoms with Crippen LogP contribution in [0.5, 0.6) is 0 Å². The zero-order chi connectivity index (χ0) is 4.12. The first-order chi connectivity index (χ1) is 2.41. The van der Waals surface area contributed by atoms with Crippen molar-refractivity contribution in [2.75, 3.05) is 0 Å². The van der Waals surface area contributed by atoms with Crippen LogP contribution in [0.15, 0.2) is 0 Å². The molecule has 6 heavy (non-hydrogen) atoms. The minimum absolute atomic E-state index is 0. The van der Waals surface area contributed by atoms with E-state index in [0.29, 0.717) is 0 Å². The van der Waals surface area contributed by atoms with Crippen molar-refractivity contribution in [2.24, 2.45) is 0 Å². The Morgan fingerprint density at radius 2 is 1.50 bits per heavy atom. The van der Waals surface area contributed by atoms with Crippen molar-refractivity contribution in [1.29, 1.82) is 0 Å². The molecule has 0 aliphatic heterocycles. The van der Waals surface area contributed by atoms with E-state index in [4.69, 9.17) is 0 Å². The summed E-state index contributed by atoms with van der Waals surface area (Å²) < 4.78 is 0. The van der Waals surface area contributed by atoms with E-state index in [9.17, 15) is 0 Å². The molecular formula is C4H12BLi. The fourth-order valence-electron chi connectivity index (χ4n) is 0.354. The van der Waals surface area contributed by atoms with Crippen LogP contribution in [0.25, 0.3) is 0 Å². The topological polar surface area (TPSA) is 0 Å². The fraction of sp³-hybridized carbons (Fsp3) is 1.00. The second-order valence-corrected chi connectivity index (χ2v) is 1.35. The van der Waals surface area contributed by atoms with E-state index in [0.717, 1.165) is 0 Å². The van der Waals surface area contributed by atoms with Gasteiger partial charge in [0.05, 0.1) is 0 Å². The Morgan fingerprint density at radius 3 is 1.50 bits per heavy atom. The van der Waals surface area contributed by atoms with E-state index in [-0.39, 0.29) is 18.9 Å². The summed E-state index contributed by atoms with van der Waals surface area (Å²) >= 11 is 0. The molecule has 0 fully saturated rings. The van der Waals surface area contributed by atoms with E-state index in [2.05, 4.69) is 13.8 Å². The predicted octanol–water partition coefficient (Wildman–Crippen LogP) is 0.651. The molecule has 0 radical (unpaired) electrons. The van der Waals surface area contributed by atoms with Crippen LogP contribution in [0.3, 0.4) is 0 Å². The van der Waals surface area contributed by atoms with Crippen LogP contribution < -0.4 is 0 Å². The summed E-state index contributed by atoms with van der Waals surface area (Å²) in [7, 11) is 1.39. The number of hydrogen-bond donors (Lipinski definition) is 0. The van der Waals surface area contributed by atoms with Crippen molar-refractivity contribution in [1.82, 2.24) is 0 Å². The van der Waals surface area contributed by atoms with Gasteiger partial charge in [-0.05, 0) is 0 Å². The van der Waals surface area contributed by atoms with Gasteiger partial charge >= 0.3 is 18.9 Å². The van der Waals surface area contributed by atoms with Gasteiger partial charge in [0, 0.05) is 0 Å². The van der Waals surface area contributed by atoms with E-state index in [1.807, 2.05) is 0 Å². The average Bonchev–Trinajstić information content (AvgIpc) is 1.41. The number of hydrogen-bond acceptors (Lipinski definition) is 0. The third kappa shape index (κ3) is 8.82. The molecule has 0 aliphatic rings. The third-order valence-corrected chi connectivity index (χ3v) is 0.707. The summed E-state index contributed by atoms with van der Waals surface area (Å²) in [5.41, 5.74) is 0. The average molecular weight is 77.9 g/mol. The van der Waals surface area contributed by atoms with E-state index in [1.165, 1.54) is 19.9 Å². The van der Waals surface area contributed by atoms with Gasteiger partial charge in [-0.3, -0.25) is 0 Å². The van der Waals surface area contributed by atoms with E-state index >= 15 is 0 Å². The summed E-state index contributed by atoms with van der Waals surface area (Å²) in [6, 6.07) is 0. The van der Waals surface area contributed by atoms with Gasteiger partial charge in [0.25, 0.3) is 0 Å². The van der Waals surface area contributed by atoms with Crippen molar-refractivity contribution in [2.45, 2.75) is 26.5 Å². The van der Waals surface area contributed by atoms with Gasteiger partial charge in [0.15, 0.2) is 0 Å². The summed E-state index contributed by atoms with van der Waals surface area (Å²) in [6.45, 7) is 4.42. The van der Waals surface area contributed by atoms with Crippen LogP contribution in [0.1, 0.15) is 13.8 Å². The summed E-state index contributed by atoms with van der Waals surface area (Å²) in [6.07, 6.45) is 2.69. The first-order valence-electron chi connectivity index (χ1n) is 2.41. The molecule has 0 unspecified atom stereocenters. The van der Waals surface area contributed by atoms with Gasteiger partial charge in [-0.1, -0.05) is 26.5 Å². The zero-order valence-corrected chi connectivity index (χ0v) is 4.12. The minimum atomic E-state index is 0. The van der Waals surface area contributed by atoms with Crippen LogP contribution in [0, 0.1) is 0 Å². The first-order valence-corrected chi connectivity index (χ1v) is 2.41. The Hall–Kier alpha value is 0.662. The monoisotopic (exact) mass is 78.1 g/mol. The SMILES string of the molecule is CCBCC.[LiH]. The van der Waals surface area contributed by atoms with Crippen molar-refractivity contribution in [3.8, 4) is 0 Å². The van der Waals surface area contributed by atoms with Gasteiger partial charge in [0.1, 0.15) is 7.28 Å². The Bertz CT molecular complexity index is 15.0. The summed E-state index contributed by atoms with van der Waals surface area (Å²) in [4.78, 5) is 0. The third-order valence-electron chi connectivity index (χ3n) is 0.707. The molecule has 0 spiro atoms. The molecule has 32 valence electrons. The molecule has 0 saturated carbocycles. The molecule has 0 bridgehead atoms. The fourth-order valence-corrected chi connectivity index (χ4v) is 0.354. The molecule has 2 heteroatoms. The van der Waals surface area contributed by atoms with Crippen LogP contribution in [0.4, 0.5) is 0 Å². The Labute approximate surface area is 53.1 Å². The van der Waals surface area contributed by atoms with Crippen LogP contribution >= 0.6 is 0 Å². The van der Waals surface area contributed by atoms with Crippen molar-refractivity contribution >= 4 is 26.1 Å². The van der Waals surface area contributed by atoms with Gasteiger partial charge in [-0.2, -0.15) is 0 Å². The maximum absolute atomic E-state index is 2.21. The molecule has 0 heterocycles. The van der Waals surface area contributed by atoms with Crippen molar-refractivity contribution in [3.63, 3.8) is 0 Å². The normalized spacial score (nSPS) is 6.33. The molecule has 0 aromatic carbocycles. The molecule has 0 amide bonds. The second kappa shape index (κ2) is 9.18. The quantitative estimate of drug-likeness (QED) is 0.425. The van der Waals surface area contributed by atoms with E-state index in [1.54, 1.807) is 0 Å². The van der Waals surface area contributed by atoms with Gasteiger partial charge in [0.2, 0.25) is 0 Å². The molecule has 0 saturated heterocycles. The molecule has 0 nitrogen and oxygen atoms in total. The predicted molar refractivity (Wildman–Crippen MR) is 35.3 cm³/mol. The van der Waals surface area contributed by atoms with Gasteiger partial charge < -0.3 is 0 Å². The molecule has 0 N–H and O–H groups in total. The summed E-state index contributed by atoms with van der Waals surface area (Å²) in [5.74, 6) is 0. The molecular weight excluding hydrogens is 65.8 g/mol. The molecule has 0 rings (SSSR count). The summed E-state index contributed by atoms with van der Waals surface area (Å²) in [5, 5.41) is 0. The van der Waals surface area contributed by atoms with Crippen LogP contribution in [-0.2, 0) is 0 Å². The molecule has 0 aromatic heterocycles. The van der Waals surface area contributed by atoms with Gasteiger partial charge in [-0.25, -0.2) is 0 Å². The molecule has 0 aliphatic carbocycles. The first kappa shape index (κ1) is 9.83. The van der Waals surface area contributed by atoms with E-state index < -0.39 is 0 Å². The Kier molecular flexibility index (Phi) is 15.0. The molecule has 0 aromatic rings. The number of rotatable bonds is 2. The standard InChI is InChI=1S/C4H11B.Li.H/c1-3-5-4-2;;/h5H,3-4H2,1-2H3;;. The maximum atomic E-state index is 2.21. The van der Waals surface area contributed by atoms with Crippen LogP contribution in [0.2, 0.25) is 12.6 Å². The Morgan fingerprint density at radius 1 is 1.17 bits per heavy atom. The second-order valence-electron chi connectivity index (χ2n) is 1.35. The van der Waals surface area contributed by atoms with Crippen molar-refractivity contribution in [3.05, 3.63) is 0 Å².